The quantitative estimate of drug-likeness (QED) is 0.825. The van der Waals surface area contributed by atoms with Crippen molar-refractivity contribution < 1.29 is 32.2 Å². The Bertz CT molecular complexity index is 864. The first-order valence-corrected chi connectivity index (χ1v) is 8.04. The van der Waals surface area contributed by atoms with Crippen LogP contribution in [-0.4, -0.2) is 33.7 Å². The Kier molecular flexibility index (Phi) is 4.93. The molecule has 7 nitrogen and oxygen atoms in total. The topological polar surface area (TPSA) is 102 Å². The van der Waals surface area contributed by atoms with Gasteiger partial charge in [0.05, 0.1) is 19.1 Å². The molecule has 0 heterocycles. The van der Waals surface area contributed by atoms with Gasteiger partial charge in [-0.3, -0.25) is 4.72 Å². The molecule has 0 saturated heterocycles. The molecule has 0 aliphatic rings. The Morgan fingerprint density at radius 2 is 1.75 bits per heavy atom. The van der Waals surface area contributed by atoms with Gasteiger partial charge in [-0.2, -0.15) is 0 Å². The molecular formula is C15H14FNO6S. The lowest BCUT2D eigenvalue weighted by molar-refractivity contribution is 0.0692. The van der Waals surface area contributed by atoms with Crippen LogP contribution in [0.25, 0.3) is 0 Å². The van der Waals surface area contributed by atoms with Crippen LogP contribution in [-0.2, 0) is 10.0 Å². The molecule has 0 saturated carbocycles. The maximum Gasteiger partial charge on any atom is 0.339 e. The van der Waals surface area contributed by atoms with Crippen LogP contribution in [0.15, 0.2) is 41.3 Å². The summed E-state index contributed by atoms with van der Waals surface area (Å²) in [6.45, 7) is 0. The number of nitrogens with one attached hydrogen (secondary N) is 1. The van der Waals surface area contributed by atoms with Crippen molar-refractivity contribution >= 4 is 21.7 Å². The number of sulfonamides is 1. The molecule has 0 aliphatic heterocycles. The van der Waals surface area contributed by atoms with Crippen LogP contribution in [0.5, 0.6) is 11.5 Å². The zero-order valence-corrected chi connectivity index (χ0v) is 13.6. The van der Waals surface area contributed by atoms with E-state index in [0.29, 0.717) is 0 Å². The van der Waals surface area contributed by atoms with Gasteiger partial charge in [-0.1, -0.05) is 0 Å². The lowest BCUT2D eigenvalue weighted by Gasteiger charge is -2.14. The minimum absolute atomic E-state index is 0.0446. The number of ether oxygens (including phenoxy) is 2. The number of anilines is 1. The third-order valence-corrected chi connectivity index (χ3v) is 4.45. The van der Waals surface area contributed by atoms with Crippen LogP contribution in [0, 0.1) is 5.82 Å². The number of hydrogen-bond acceptors (Lipinski definition) is 5. The summed E-state index contributed by atoms with van der Waals surface area (Å²) in [7, 11) is -1.61. The van der Waals surface area contributed by atoms with E-state index in [1.165, 1.54) is 26.4 Å². The van der Waals surface area contributed by atoms with Crippen LogP contribution in [0.2, 0.25) is 0 Å². The van der Waals surface area contributed by atoms with E-state index in [-0.39, 0.29) is 27.6 Å². The van der Waals surface area contributed by atoms with E-state index in [1.807, 2.05) is 0 Å². The summed E-state index contributed by atoms with van der Waals surface area (Å²) in [5, 5.41) is 9.23. The third kappa shape index (κ3) is 3.57. The van der Waals surface area contributed by atoms with Gasteiger partial charge in [0.1, 0.15) is 11.4 Å². The molecule has 0 atom stereocenters. The number of carboxylic acids is 1. The maximum atomic E-state index is 12.9. The molecule has 2 N–H and O–H groups in total. The van der Waals surface area contributed by atoms with Gasteiger partial charge in [-0.25, -0.2) is 17.6 Å². The van der Waals surface area contributed by atoms with Gasteiger partial charge < -0.3 is 14.6 Å². The summed E-state index contributed by atoms with van der Waals surface area (Å²) >= 11 is 0. The second-order valence-electron chi connectivity index (χ2n) is 4.62. The molecule has 0 radical (unpaired) electrons. The smallest absolute Gasteiger partial charge is 0.339 e. The highest BCUT2D eigenvalue weighted by Crippen LogP contribution is 2.34. The van der Waals surface area contributed by atoms with Gasteiger partial charge in [-0.15, -0.1) is 0 Å². The highest BCUT2D eigenvalue weighted by Gasteiger charge is 2.23. The average Bonchev–Trinajstić information content (AvgIpc) is 2.55. The summed E-state index contributed by atoms with van der Waals surface area (Å²) < 4.78 is 50.0. The third-order valence-electron chi connectivity index (χ3n) is 3.09. The maximum absolute atomic E-state index is 12.9. The molecule has 0 spiro atoms. The molecular weight excluding hydrogens is 341 g/mol. The number of halogens is 1. The van der Waals surface area contributed by atoms with Gasteiger partial charge in [0, 0.05) is 11.8 Å². The summed E-state index contributed by atoms with van der Waals surface area (Å²) in [4.78, 5) is 11.0. The van der Waals surface area contributed by atoms with E-state index in [4.69, 9.17) is 9.47 Å². The first kappa shape index (κ1) is 17.5. The van der Waals surface area contributed by atoms with Crippen molar-refractivity contribution in [3.8, 4) is 11.5 Å². The average molecular weight is 355 g/mol. The predicted octanol–water partition coefficient (Wildman–Crippen LogP) is 2.34. The van der Waals surface area contributed by atoms with Gasteiger partial charge in [0.15, 0.2) is 11.5 Å². The molecule has 2 aromatic carbocycles. The van der Waals surface area contributed by atoms with E-state index in [2.05, 4.69) is 4.72 Å². The number of rotatable bonds is 6. The number of carbonyl (C=O) groups is 1. The van der Waals surface area contributed by atoms with Gasteiger partial charge >= 0.3 is 5.97 Å². The standard InChI is InChI=1S/C15H14FNO6S/c1-22-13-8-11(7-12(15(18)19)14(13)23-2)24(20,21)17-10-5-3-9(16)4-6-10/h3-8,17H,1-2H3,(H,18,19). The minimum Gasteiger partial charge on any atom is -0.493 e. The Morgan fingerprint density at radius 3 is 2.25 bits per heavy atom. The molecule has 24 heavy (non-hydrogen) atoms. The summed E-state index contributed by atoms with van der Waals surface area (Å²) in [6.07, 6.45) is 0. The molecule has 0 aromatic heterocycles. The van der Waals surface area contributed by atoms with Crippen molar-refractivity contribution in [3.05, 3.63) is 47.8 Å². The minimum atomic E-state index is -4.11. The second kappa shape index (κ2) is 6.75. The molecule has 0 fully saturated rings. The van der Waals surface area contributed by atoms with E-state index in [9.17, 15) is 22.7 Å². The SMILES string of the molecule is COc1cc(S(=O)(=O)Nc2ccc(F)cc2)cc(C(=O)O)c1OC. The van der Waals surface area contributed by atoms with Crippen molar-refractivity contribution in [2.75, 3.05) is 18.9 Å². The summed E-state index contributed by atoms with van der Waals surface area (Å²) in [5.74, 6) is -2.02. The Balaban J connectivity index is 2.51. The zero-order chi connectivity index (χ0) is 17.9. The van der Waals surface area contributed by atoms with Crippen molar-refractivity contribution in [1.29, 1.82) is 0 Å². The molecule has 9 heteroatoms. The van der Waals surface area contributed by atoms with Gasteiger partial charge in [0.25, 0.3) is 10.0 Å². The number of benzene rings is 2. The number of methoxy groups -OCH3 is 2. The Morgan fingerprint density at radius 1 is 1.12 bits per heavy atom. The fourth-order valence-corrected chi connectivity index (χ4v) is 3.08. The molecule has 0 unspecified atom stereocenters. The van der Waals surface area contributed by atoms with Crippen LogP contribution in [0.1, 0.15) is 10.4 Å². The summed E-state index contributed by atoms with van der Waals surface area (Å²) in [6, 6.07) is 6.76. The van der Waals surface area contributed by atoms with E-state index >= 15 is 0 Å². The first-order chi connectivity index (χ1) is 11.3. The molecule has 2 rings (SSSR count). The van der Waals surface area contributed by atoms with Crippen LogP contribution >= 0.6 is 0 Å². The van der Waals surface area contributed by atoms with Crippen LogP contribution in [0.4, 0.5) is 10.1 Å². The van der Waals surface area contributed by atoms with E-state index in [1.54, 1.807) is 0 Å². The monoisotopic (exact) mass is 355 g/mol. The van der Waals surface area contributed by atoms with Crippen LogP contribution < -0.4 is 14.2 Å². The fraction of sp³-hybridized carbons (Fsp3) is 0.133. The zero-order valence-electron chi connectivity index (χ0n) is 12.7. The van der Waals surface area contributed by atoms with Gasteiger partial charge in [-0.05, 0) is 30.3 Å². The molecule has 0 aliphatic carbocycles. The predicted molar refractivity (Wildman–Crippen MR) is 83.7 cm³/mol. The molecule has 0 amide bonds. The van der Waals surface area contributed by atoms with Crippen LogP contribution in [0.3, 0.4) is 0 Å². The number of hydrogen-bond donors (Lipinski definition) is 2. The highest BCUT2D eigenvalue weighted by molar-refractivity contribution is 7.92. The van der Waals surface area contributed by atoms with Crippen molar-refractivity contribution in [1.82, 2.24) is 0 Å². The molecule has 128 valence electrons. The van der Waals surface area contributed by atoms with Gasteiger partial charge in [0.2, 0.25) is 0 Å². The second-order valence-corrected chi connectivity index (χ2v) is 6.31. The number of aromatic carboxylic acids is 1. The number of carboxylic acid groups (broad SMARTS) is 1. The van der Waals surface area contributed by atoms with Crippen molar-refractivity contribution in [3.63, 3.8) is 0 Å². The normalized spacial score (nSPS) is 11.0. The fourth-order valence-electron chi connectivity index (χ4n) is 1.99. The summed E-state index contributed by atoms with van der Waals surface area (Å²) in [5.41, 5.74) is -0.237. The Hall–Kier alpha value is -2.81. The van der Waals surface area contributed by atoms with Crippen molar-refractivity contribution in [2.24, 2.45) is 0 Å². The lowest BCUT2D eigenvalue weighted by atomic mass is 10.2. The molecule has 2 aromatic rings. The largest absolute Gasteiger partial charge is 0.493 e. The van der Waals surface area contributed by atoms with Crippen molar-refractivity contribution in [2.45, 2.75) is 4.90 Å². The Labute approximate surface area is 137 Å². The van der Waals surface area contributed by atoms with E-state index < -0.39 is 21.8 Å². The highest BCUT2D eigenvalue weighted by atomic mass is 32.2. The lowest BCUT2D eigenvalue weighted by Crippen LogP contribution is -2.14. The molecule has 0 bridgehead atoms. The van der Waals surface area contributed by atoms with E-state index in [0.717, 1.165) is 24.3 Å². The first-order valence-electron chi connectivity index (χ1n) is 6.56.